The van der Waals surface area contributed by atoms with E-state index in [0.717, 1.165) is 23.0 Å². The maximum atomic E-state index is 11.4. The molecule has 0 N–H and O–H groups in total. The molecule has 3 aromatic rings. The lowest BCUT2D eigenvalue weighted by Crippen LogP contribution is -2.23. The molecule has 0 aliphatic rings. The minimum atomic E-state index is 0.178. The SMILES string of the molecule is CC(c1cccs1)N(C)c1nc2ccccc2cc1C=O. The van der Waals surface area contributed by atoms with E-state index in [9.17, 15) is 4.79 Å². The Morgan fingerprint density at radius 2 is 2.05 bits per heavy atom. The second-order valence-corrected chi connectivity index (χ2v) is 5.99. The molecular weight excluding hydrogens is 280 g/mol. The molecule has 0 bridgehead atoms. The zero-order valence-corrected chi connectivity index (χ0v) is 12.8. The molecule has 0 amide bonds. The molecular formula is C17H16N2OS. The molecule has 1 atom stereocenters. The van der Waals surface area contributed by atoms with Crippen LogP contribution in [0.3, 0.4) is 0 Å². The number of pyridine rings is 1. The van der Waals surface area contributed by atoms with Gasteiger partial charge in [-0.25, -0.2) is 4.98 Å². The minimum Gasteiger partial charge on any atom is -0.351 e. The monoisotopic (exact) mass is 296 g/mol. The van der Waals surface area contributed by atoms with Gasteiger partial charge in [0.05, 0.1) is 17.1 Å². The van der Waals surface area contributed by atoms with Crippen molar-refractivity contribution < 1.29 is 4.79 Å². The number of carbonyl (C=O) groups is 1. The third-order valence-electron chi connectivity index (χ3n) is 3.73. The van der Waals surface area contributed by atoms with Gasteiger partial charge in [-0.05, 0) is 30.5 Å². The van der Waals surface area contributed by atoms with Gasteiger partial charge in [-0.15, -0.1) is 11.3 Å². The highest BCUT2D eigenvalue weighted by Crippen LogP contribution is 2.30. The summed E-state index contributed by atoms with van der Waals surface area (Å²) in [6.45, 7) is 2.12. The van der Waals surface area contributed by atoms with Crippen LogP contribution < -0.4 is 4.90 Å². The number of para-hydroxylation sites is 1. The third-order valence-corrected chi connectivity index (χ3v) is 4.77. The molecule has 0 radical (unpaired) electrons. The van der Waals surface area contributed by atoms with Crippen LogP contribution in [0.2, 0.25) is 0 Å². The van der Waals surface area contributed by atoms with Crippen LogP contribution in [-0.4, -0.2) is 18.3 Å². The fourth-order valence-corrected chi connectivity index (χ4v) is 3.22. The summed E-state index contributed by atoms with van der Waals surface area (Å²) in [7, 11) is 1.98. The van der Waals surface area contributed by atoms with E-state index in [1.54, 1.807) is 11.3 Å². The van der Waals surface area contributed by atoms with Crippen molar-refractivity contribution in [3.05, 3.63) is 58.3 Å². The molecule has 3 nitrogen and oxygen atoms in total. The number of rotatable bonds is 4. The van der Waals surface area contributed by atoms with Crippen LogP contribution in [0.25, 0.3) is 10.9 Å². The molecule has 2 aromatic heterocycles. The van der Waals surface area contributed by atoms with Gasteiger partial charge in [-0.2, -0.15) is 0 Å². The van der Waals surface area contributed by atoms with Crippen LogP contribution in [0.4, 0.5) is 5.82 Å². The topological polar surface area (TPSA) is 33.2 Å². The number of hydrogen-bond donors (Lipinski definition) is 0. The van der Waals surface area contributed by atoms with Crippen LogP contribution >= 0.6 is 11.3 Å². The number of fused-ring (bicyclic) bond motifs is 1. The van der Waals surface area contributed by atoms with Crippen molar-refractivity contribution in [3.8, 4) is 0 Å². The Morgan fingerprint density at radius 1 is 1.24 bits per heavy atom. The van der Waals surface area contributed by atoms with E-state index < -0.39 is 0 Å². The number of nitrogens with zero attached hydrogens (tertiary/aromatic N) is 2. The second-order valence-electron chi connectivity index (χ2n) is 5.01. The minimum absolute atomic E-state index is 0.178. The molecule has 0 saturated carbocycles. The fourth-order valence-electron chi connectivity index (χ4n) is 2.39. The summed E-state index contributed by atoms with van der Waals surface area (Å²) in [5.74, 6) is 0.726. The Bertz CT molecular complexity index is 768. The van der Waals surface area contributed by atoms with Crippen LogP contribution in [0.5, 0.6) is 0 Å². The predicted octanol–water partition coefficient (Wildman–Crippen LogP) is 4.31. The molecule has 0 aliphatic carbocycles. The number of benzene rings is 1. The van der Waals surface area contributed by atoms with Crippen LogP contribution in [-0.2, 0) is 0 Å². The van der Waals surface area contributed by atoms with Crippen molar-refractivity contribution in [2.75, 3.05) is 11.9 Å². The Labute approximate surface area is 127 Å². The van der Waals surface area contributed by atoms with Crippen molar-refractivity contribution in [1.29, 1.82) is 0 Å². The fraction of sp³-hybridized carbons (Fsp3) is 0.176. The summed E-state index contributed by atoms with van der Waals surface area (Å²) in [6, 6.07) is 14.1. The molecule has 0 fully saturated rings. The molecule has 1 unspecified atom stereocenters. The first kappa shape index (κ1) is 13.8. The maximum absolute atomic E-state index is 11.4. The molecule has 0 spiro atoms. The summed E-state index contributed by atoms with van der Waals surface area (Å²) in [6.07, 6.45) is 0.881. The average Bonchev–Trinajstić information content (AvgIpc) is 3.06. The first-order valence-electron chi connectivity index (χ1n) is 6.82. The molecule has 4 heteroatoms. The number of hydrogen-bond acceptors (Lipinski definition) is 4. The lowest BCUT2D eigenvalue weighted by Gasteiger charge is -2.26. The Balaban J connectivity index is 2.07. The van der Waals surface area contributed by atoms with E-state index in [-0.39, 0.29) is 6.04 Å². The highest BCUT2D eigenvalue weighted by Gasteiger charge is 2.18. The van der Waals surface area contributed by atoms with Gasteiger partial charge < -0.3 is 4.90 Å². The summed E-state index contributed by atoms with van der Waals surface area (Å²) in [5.41, 5.74) is 1.53. The second kappa shape index (κ2) is 5.66. The van der Waals surface area contributed by atoms with Gasteiger partial charge in [0.15, 0.2) is 6.29 Å². The molecule has 1 aromatic carbocycles. The van der Waals surface area contributed by atoms with Gasteiger partial charge in [0.2, 0.25) is 0 Å². The van der Waals surface area contributed by atoms with E-state index in [1.165, 1.54) is 4.88 Å². The molecule has 2 heterocycles. The summed E-state index contributed by atoms with van der Waals surface area (Å²) in [4.78, 5) is 19.4. The van der Waals surface area contributed by atoms with Crippen molar-refractivity contribution in [1.82, 2.24) is 4.98 Å². The van der Waals surface area contributed by atoms with Crippen molar-refractivity contribution >= 4 is 34.3 Å². The van der Waals surface area contributed by atoms with Gasteiger partial charge in [0.1, 0.15) is 5.82 Å². The van der Waals surface area contributed by atoms with E-state index >= 15 is 0 Å². The number of anilines is 1. The zero-order chi connectivity index (χ0) is 14.8. The smallest absolute Gasteiger partial charge is 0.153 e. The van der Waals surface area contributed by atoms with Gasteiger partial charge in [0.25, 0.3) is 0 Å². The first-order valence-corrected chi connectivity index (χ1v) is 7.70. The number of aromatic nitrogens is 1. The molecule has 3 rings (SSSR count). The highest BCUT2D eigenvalue weighted by atomic mass is 32.1. The standard InChI is InChI=1S/C17H16N2OS/c1-12(16-8-5-9-21-16)19(2)17-14(11-20)10-13-6-3-4-7-15(13)18-17/h3-12H,1-2H3. The molecule has 106 valence electrons. The Hall–Kier alpha value is -2.20. The summed E-state index contributed by atoms with van der Waals surface area (Å²) < 4.78 is 0. The van der Waals surface area contributed by atoms with E-state index in [1.807, 2.05) is 43.4 Å². The molecule has 0 aliphatic heterocycles. The molecule has 21 heavy (non-hydrogen) atoms. The van der Waals surface area contributed by atoms with Crippen LogP contribution in [0.15, 0.2) is 47.8 Å². The van der Waals surface area contributed by atoms with Crippen LogP contribution in [0.1, 0.15) is 28.2 Å². The Morgan fingerprint density at radius 3 is 2.76 bits per heavy atom. The quantitative estimate of drug-likeness (QED) is 0.673. The van der Waals surface area contributed by atoms with Gasteiger partial charge in [0, 0.05) is 17.3 Å². The van der Waals surface area contributed by atoms with Crippen molar-refractivity contribution in [3.63, 3.8) is 0 Å². The maximum Gasteiger partial charge on any atom is 0.153 e. The van der Waals surface area contributed by atoms with Crippen molar-refractivity contribution in [2.24, 2.45) is 0 Å². The largest absolute Gasteiger partial charge is 0.351 e. The van der Waals surface area contributed by atoms with Crippen molar-refractivity contribution in [2.45, 2.75) is 13.0 Å². The Kier molecular flexibility index (Phi) is 3.71. The normalized spacial score (nSPS) is 12.3. The van der Waals surface area contributed by atoms with E-state index in [4.69, 9.17) is 0 Å². The summed E-state index contributed by atoms with van der Waals surface area (Å²) in [5, 5.41) is 3.05. The highest BCUT2D eigenvalue weighted by molar-refractivity contribution is 7.10. The lowest BCUT2D eigenvalue weighted by atomic mass is 10.1. The van der Waals surface area contributed by atoms with Gasteiger partial charge >= 0.3 is 0 Å². The van der Waals surface area contributed by atoms with Crippen LogP contribution in [0, 0.1) is 0 Å². The number of aldehydes is 1. The van der Waals surface area contributed by atoms with E-state index in [2.05, 4.69) is 28.3 Å². The van der Waals surface area contributed by atoms with Gasteiger partial charge in [-0.3, -0.25) is 4.79 Å². The number of thiophene rings is 1. The van der Waals surface area contributed by atoms with E-state index in [0.29, 0.717) is 5.56 Å². The number of carbonyl (C=O) groups excluding carboxylic acids is 1. The first-order chi connectivity index (χ1) is 10.2. The zero-order valence-electron chi connectivity index (χ0n) is 12.0. The predicted molar refractivity (Wildman–Crippen MR) is 88.3 cm³/mol. The lowest BCUT2D eigenvalue weighted by molar-refractivity contribution is 0.112. The summed E-state index contributed by atoms with van der Waals surface area (Å²) >= 11 is 1.71. The molecule has 0 saturated heterocycles. The average molecular weight is 296 g/mol. The van der Waals surface area contributed by atoms with Gasteiger partial charge in [-0.1, -0.05) is 24.3 Å². The third kappa shape index (κ3) is 2.54.